The molecule has 5 nitrogen and oxygen atoms in total. The van der Waals surface area contributed by atoms with Crippen LogP contribution in [-0.2, 0) is 0 Å². The number of benzene rings is 1. The van der Waals surface area contributed by atoms with Gasteiger partial charge in [-0.1, -0.05) is 19.0 Å². The van der Waals surface area contributed by atoms with Gasteiger partial charge in [-0.2, -0.15) is 0 Å². The zero-order valence-corrected chi connectivity index (χ0v) is 14.4. The lowest BCUT2D eigenvalue weighted by Crippen LogP contribution is -2.42. The van der Waals surface area contributed by atoms with Crippen LogP contribution in [0.5, 0.6) is 0 Å². The Morgan fingerprint density at radius 3 is 2.64 bits per heavy atom. The molecule has 0 bridgehead atoms. The molecule has 1 amide bonds. The lowest BCUT2D eigenvalue weighted by Gasteiger charge is -2.31. The molecule has 132 valence electrons. The Balaban J connectivity index is 1.70. The van der Waals surface area contributed by atoms with E-state index in [9.17, 15) is 14.0 Å². The maximum Gasteiger partial charge on any atom is 0.292 e. The van der Waals surface area contributed by atoms with Gasteiger partial charge < -0.3 is 9.42 Å². The van der Waals surface area contributed by atoms with Gasteiger partial charge in [-0.25, -0.2) is 4.39 Å². The van der Waals surface area contributed by atoms with E-state index in [1.807, 2.05) is 13.8 Å². The molecule has 25 heavy (non-hydrogen) atoms. The fraction of sp³-hybridized carbons (Fsp3) is 0.421. The number of ketones is 1. The van der Waals surface area contributed by atoms with Crippen LogP contribution in [0.1, 0.15) is 59.2 Å². The van der Waals surface area contributed by atoms with Crippen molar-refractivity contribution in [3.63, 3.8) is 0 Å². The van der Waals surface area contributed by atoms with Gasteiger partial charge in [-0.3, -0.25) is 9.59 Å². The molecule has 0 aliphatic carbocycles. The number of Topliss-reactive ketones (excluding diaryl/α,β-unsaturated/α-hetero) is 1. The molecule has 2 aromatic rings. The molecule has 3 rings (SSSR count). The topological polar surface area (TPSA) is 63.4 Å². The molecule has 0 saturated carbocycles. The zero-order valence-electron chi connectivity index (χ0n) is 14.4. The average Bonchev–Trinajstić information content (AvgIpc) is 3.12. The first-order valence-corrected chi connectivity index (χ1v) is 8.51. The van der Waals surface area contributed by atoms with Crippen LogP contribution in [0, 0.1) is 11.7 Å². The Morgan fingerprint density at radius 1 is 1.28 bits per heavy atom. The molecule has 1 aliphatic rings. The Kier molecular flexibility index (Phi) is 4.97. The predicted octanol–water partition coefficient (Wildman–Crippen LogP) is 3.67. The van der Waals surface area contributed by atoms with Gasteiger partial charge in [-0.05, 0) is 43.0 Å². The standard InChI is InChI=1S/C19H21FN2O3/c1-12(2)16-10-17(25-21-16)19(24)22-9-3-4-14(11-22)18(23)13-5-7-15(20)8-6-13/h5-8,10,12,14H,3-4,9,11H2,1-2H3. The van der Waals surface area contributed by atoms with Crippen LogP contribution in [-0.4, -0.2) is 34.8 Å². The number of amides is 1. The number of piperidine rings is 1. The van der Waals surface area contributed by atoms with Crippen molar-refractivity contribution in [3.05, 3.63) is 53.2 Å². The molecule has 1 atom stereocenters. The number of nitrogens with zero attached hydrogens (tertiary/aromatic N) is 2. The van der Waals surface area contributed by atoms with Gasteiger partial charge in [0.05, 0.1) is 5.69 Å². The van der Waals surface area contributed by atoms with Gasteiger partial charge in [0.2, 0.25) is 5.76 Å². The molecular weight excluding hydrogens is 323 g/mol. The number of carbonyl (C=O) groups excluding carboxylic acids is 2. The summed E-state index contributed by atoms with van der Waals surface area (Å²) in [6.45, 7) is 4.88. The number of halogens is 1. The van der Waals surface area contributed by atoms with E-state index in [4.69, 9.17) is 4.52 Å². The number of carbonyl (C=O) groups is 2. The SMILES string of the molecule is CC(C)c1cc(C(=O)N2CCCC(C(=O)c3ccc(F)cc3)C2)on1. The van der Waals surface area contributed by atoms with Crippen molar-refractivity contribution in [1.82, 2.24) is 10.1 Å². The Morgan fingerprint density at radius 2 is 2.00 bits per heavy atom. The number of aromatic nitrogens is 1. The highest BCUT2D eigenvalue weighted by Gasteiger charge is 2.31. The fourth-order valence-electron chi connectivity index (χ4n) is 3.04. The maximum atomic E-state index is 13.0. The molecule has 1 aromatic carbocycles. The fourth-order valence-corrected chi connectivity index (χ4v) is 3.04. The van der Waals surface area contributed by atoms with Gasteiger partial charge in [0, 0.05) is 30.6 Å². The molecule has 0 spiro atoms. The number of hydrogen-bond acceptors (Lipinski definition) is 4. The molecule has 2 heterocycles. The van der Waals surface area contributed by atoms with Gasteiger partial charge in [0.15, 0.2) is 5.78 Å². The molecule has 1 aromatic heterocycles. The van der Waals surface area contributed by atoms with Gasteiger partial charge in [0.1, 0.15) is 5.82 Å². The van der Waals surface area contributed by atoms with Crippen LogP contribution < -0.4 is 0 Å². The lowest BCUT2D eigenvalue weighted by atomic mass is 9.90. The van der Waals surface area contributed by atoms with E-state index in [1.54, 1.807) is 11.0 Å². The molecule has 1 fully saturated rings. The molecule has 0 N–H and O–H groups in total. The summed E-state index contributed by atoms with van der Waals surface area (Å²) in [5.41, 5.74) is 1.21. The highest BCUT2D eigenvalue weighted by Crippen LogP contribution is 2.23. The summed E-state index contributed by atoms with van der Waals surface area (Å²) in [5, 5.41) is 3.92. The van der Waals surface area contributed by atoms with Gasteiger partial charge >= 0.3 is 0 Å². The van der Waals surface area contributed by atoms with Gasteiger partial charge in [0.25, 0.3) is 5.91 Å². The van der Waals surface area contributed by atoms with E-state index in [-0.39, 0.29) is 35.1 Å². The maximum absolute atomic E-state index is 13.0. The van der Waals surface area contributed by atoms with Crippen molar-refractivity contribution in [2.75, 3.05) is 13.1 Å². The highest BCUT2D eigenvalue weighted by molar-refractivity contribution is 5.99. The summed E-state index contributed by atoms with van der Waals surface area (Å²) in [7, 11) is 0. The highest BCUT2D eigenvalue weighted by atomic mass is 19.1. The summed E-state index contributed by atoms with van der Waals surface area (Å²) < 4.78 is 18.2. The van der Waals surface area contributed by atoms with E-state index in [0.717, 1.165) is 12.1 Å². The van der Waals surface area contributed by atoms with Crippen LogP contribution in [0.2, 0.25) is 0 Å². The number of likely N-dealkylation sites (tertiary alicyclic amines) is 1. The zero-order chi connectivity index (χ0) is 18.0. The second-order valence-electron chi connectivity index (χ2n) is 6.73. The van der Waals surface area contributed by atoms with E-state index in [1.165, 1.54) is 24.3 Å². The summed E-state index contributed by atoms with van der Waals surface area (Å²) in [5.74, 6) is -0.564. The minimum atomic E-state index is -0.372. The largest absolute Gasteiger partial charge is 0.351 e. The smallest absolute Gasteiger partial charge is 0.292 e. The molecule has 1 saturated heterocycles. The third-order valence-corrected chi connectivity index (χ3v) is 4.54. The van der Waals surface area contributed by atoms with E-state index in [0.29, 0.717) is 25.1 Å². The molecule has 6 heteroatoms. The predicted molar refractivity (Wildman–Crippen MR) is 90.0 cm³/mol. The Labute approximate surface area is 145 Å². The van der Waals surface area contributed by atoms with Crippen molar-refractivity contribution in [3.8, 4) is 0 Å². The summed E-state index contributed by atoms with van der Waals surface area (Å²) in [6, 6.07) is 7.20. The van der Waals surface area contributed by atoms with Crippen LogP contribution in [0.4, 0.5) is 4.39 Å². The van der Waals surface area contributed by atoms with Crippen molar-refractivity contribution >= 4 is 11.7 Å². The molecule has 0 radical (unpaired) electrons. The van der Waals surface area contributed by atoms with E-state index >= 15 is 0 Å². The minimum Gasteiger partial charge on any atom is -0.351 e. The summed E-state index contributed by atoms with van der Waals surface area (Å²) >= 11 is 0. The van der Waals surface area contributed by atoms with E-state index < -0.39 is 0 Å². The second kappa shape index (κ2) is 7.17. The van der Waals surface area contributed by atoms with Crippen LogP contribution in [0.15, 0.2) is 34.9 Å². The average molecular weight is 344 g/mol. The lowest BCUT2D eigenvalue weighted by molar-refractivity contribution is 0.0602. The van der Waals surface area contributed by atoms with Crippen molar-refractivity contribution in [2.24, 2.45) is 5.92 Å². The Hall–Kier alpha value is -2.50. The molecule has 1 unspecified atom stereocenters. The van der Waals surface area contributed by atoms with Crippen LogP contribution in [0.3, 0.4) is 0 Å². The summed E-state index contributed by atoms with van der Waals surface area (Å²) in [6.07, 6.45) is 1.46. The van der Waals surface area contributed by atoms with Gasteiger partial charge in [-0.15, -0.1) is 0 Å². The first kappa shape index (κ1) is 17.3. The third kappa shape index (κ3) is 3.78. The monoisotopic (exact) mass is 344 g/mol. The van der Waals surface area contributed by atoms with Crippen molar-refractivity contribution < 1.29 is 18.5 Å². The minimum absolute atomic E-state index is 0.0575. The first-order valence-electron chi connectivity index (χ1n) is 8.51. The first-order chi connectivity index (χ1) is 12.0. The summed E-state index contributed by atoms with van der Waals surface area (Å²) in [4.78, 5) is 26.9. The Bertz CT molecular complexity index is 767. The van der Waals surface area contributed by atoms with Crippen molar-refractivity contribution in [2.45, 2.75) is 32.6 Å². The van der Waals surface area contributed by atoms with Crippen LogP contribution >= 0.6 is 0 Å². The number of hydrogen-bond donors (Lipinski definition) is 0. The number of rotatable bonds is 4. The van der Waals surface area contributed by atoms with Crippen molar-refractivity contribution in [1.29, 1.82) is 0 Å². The van der Waals surface area contributed by atoms with Crippen LogP contribution in [0.25, 0.3) is 0 Å². The normalized spacial score (nSPS) is 17.8. The third-order valence-electron chi connectivity index (χ3n) is 4.54. The molecule has 1 aliphatic heterocycles. The molecular formula is C19H21FN2O3. The van der Waals surface area contributed by atoms with E-state index in [2.05, 4.69) is 5.16 Å². The quantitative estimate of drug-likeness (QED) is 0.794. The second-order valence-corrected chi connectivity index (χ2v) is 6.73.